The zero-order valence-corrected chi connectivity index (χ0v) is 28.0. The van der Waals surface area contributed by atoms with Gasteiger partial charge in [0.25, 0.3) is 0 Å². The molecular weight excluding hydrogens is 672 g/mol. The third kappa shape index (κ3) is 4.49. The number of thiazole rings is 1. The summed E-state index contributed by atoms with van der Waals surface area (Å²) in [7, 11) is 0. The number of benzene rings is 7. The van der Waals surface area contributed by atoms with Crippen LogP contribution in [0.1, 0.15) is 0 Å². The van der Waals surface area contributed by atoms with Crippen molar-refractivity contribution in [3.63, 3.8) is 0 Å². The first-order valence-electron chi connectivity index (χ1n) is 15.8. The van der Waals surface area contributed by atoms with Crippen molar-refractivity contribution in [3.05, 3.63) is 146 Å². The Hall–Kier alpha value is -5.52. The van der Waals surface area contributed by atoms with Crippen LogP contribution in [0.5, 0.6) is 0 Å². The monoisotopic (exact) mass is 696 g/mol. The minimum atomic E-state index is -0.00921. The van der Waals surface area contributed by atoms with Gasteiger partial charge in [-0.1, -0.05) is 0 Å². The maximum absolute atomic E-state index is 5.32. The van der Waals surface area contributed by atoms with E-state index < -0.39 is 0 Å². The first kappa shape index (κ1) is 27.6. The van der Waals surface area contributed by atoms with E-state index in [0.717, 1.165) is 38.2 Å². The van der Waals surface area contributed by atoms with Gasteiger partial charge in [-0.3, -0.25) is 0 Å². The molecule has 0 bridgehead atoms. The van der Waals surface area contributed by atoms with Crippen molar-refractivity contribution in [2.75, 3.05) is 0 Å². The third-order valence-corrected chi connectivity index (χ3v) is 12.6. The summed E-state index contributed by atoms with van der Waals surface area (Å²) in [5.74, 6) is 2.05. The van der Waals surface area contributed by atoms with Gasteiger partial charge in [-0.05, 0) is 0 Å². The van der Waals surface area contributed by atoms with Crippen molar-refractivity contribution in [2.24, 2.45) is 0 Å². The van der Waals surface area contributed by atoms with Crippen LogP contribution in [0.2, 0.25) is 0 Å². The van der Waals surface area contributed by atoms with Crippen molar-refractivity contribution in [3.8, 4) is 44.7 Å². The molecule has 4 nitrogen and oxygen atoms in total. The predicted octanol–water partition coefficient (Wildman–Crippen LogP) is 10.8. The fourth-order valence-corrected chi connectivity index (χ4v) is 10.5. The molecule has 0 N–H and O–H groups in total. The van der Waals surface area contributed by atoms with Crippen LogP contribution in [0.3, 0.4) is 0 Å². The summed E-state index contributed by atoms with van der Waals surface area (Å²) in [4.78, 5) is 20.7. The summed E-state index contributed by atoms with van der Waals surface area (Å²) in [6.45, 7) is 0. The van der Waals surface area contributed by atoms with Gasteiger partial charge in [-0.2, -0.15) is 0 Å². The topological polar surface area (TPSA) is 51.6 Å². The Bertz CT molecular complexity index is 2780. The number of hydrogen-bond donors (Lipinski definition) is 0. The second-order valence-corrected chi connectivity index (χ2v) is 15.0. The van der Waals surface area contributed by atoms with E-state index in [1.807, 2.05) is 36.4 Å². The van der Waals surface area contributed by atoms with Gasteiger partial charge in [0.15, 0.2) is 0 Å². The van der Waals surface area contributed by atoms with E-state index >= 15 is 0 Å². The Balaban J connectivity index is 1.25. The molecule has 0 aliphatic rings. The molecule has 0 amide bonds. The molecule has 224 valence electrons. The van der Waals surface area contributed by atoms with Crippen LogP contribution in [-0.4, -0.2) is 34.4 Å². The van der Waals surface area contributed by atoms with Gasteiger partial charge in [0.05, 0.1) is 0 Å². The number of rotatable bonds is 4. The van der Waals surface area contributed by atoms with Crippen molar-refractivity contribution in [1.82, 2.24) is 19.9 Å². The van der Waals surface area contributed by atoms with Crippen molar-refractivity contribution >= 4 is 76.9 Å². The van der Waals surface area contributed by atoms with Crippen LogP contribution >= 0.6 is 11.3 Å². The summed E-state index contributed by atoms with van der Waals surface area (Å²) in [6.07, 6.45) is 0. The normalized spacial score (nSPS) is 11.8. The number of hydrogen-bond acceptors (Lipinski definition) is 5. The Labute approximate surface area is 285 Å². The standard InChI is InChI=1S/C42H24N4SSe/c1-3-12-26(13-4-1)39-44-40(27-14-5-2-6-15-27)46-41(45-39)35-31-18-10-9-17-29(31)24-33-32-21-22-34-36(38(32)48-37(33)35)43-42(47-34)30-20-19-25-11-7-8-16-28(25)23-30/h1-24H. The third-order valence-electron chi connectivity index (χ3n) is 8.93. The molecule has 0 saturated heterocycles. The summed E-state index contributed by atoms with van der Waals surface area (Å²) in [5.41, 5.74) is 5.29. The molecular formula is C42H24N4SSe. The first-order valence-corrected chi connectivity index (χ1v) is 18.3. The number of fused-ring (bicyclic) bond motifs is 7. The van der Waals surface area contributed by atoms with Crippen molar-refractivity contribution in [2.45, 2.75) is 0 Å². The molecule has 0 atom stereocenters. The Kier molecular flexibility index (Phi) is 6.34. The van der Waals surface area contributed by atoms with Gasteiger partial charge in [0.1, 0.15) is 0 Å². The SMILES string of the molecule is c1ccc(-c2nc(-c3ccccc3)nc(-c3c4ccccc4cc4c3[se]c3c4ccc4sc(-c5ccc6ccccc6c5)nc43)n2)cc1. The maximum atomic E-state index is 5.32. The molecule has 6 heteroatoms. The van der Waals surface area contributed by atoms with E-state index in [-0.39, 0.29) is 14.5 Å². The molecule has 48 heavy (non-hydrogen) atoms. The Morgan fingerprint density at radius 2 is 1.06 bits per heavy atom. The van der Waals surface area contributed by atoms with Crippen LogP contribution in [0, 0.1) is 0 Å². The molecule has 0 unspecified atom stereocenters. The summed E-state index contributed by atoms with van der Waals surface area (Å²) in [6, 6.07) is 51.1. The first-order chi connectivity index (χ1) is 23.8. The van der Waals surface area contributed by atoms with Gasteiger partial charge >= 0.3 is 287 Å². The number of nitrogens with zero attached hydrogens (tertiary/aromatic N) is 4. The van der Waals surface area contributed by atoms with Crippen LogP contribution in [0.15, 0.2) is 146 Å². The van der Waals surface area contributed by atoms with Gasteiger partial charge < -0.3 is 0 Å². The summed E-state index contributed by atoms with van der Waals surface area (Å²) in [5, 5.41) is 8.37. The summed E-state index contributed by atoms with van der Waals surface area (Å²) < 4.78 is 3.85. The Morgan fingerprint density at radius 3 is 1.81 bits per heavy atom. The van der Waals surface area contributed by atoms with E-state index in [0.29, 0.717) is 17.5 Å². The molecule has 10 aromatic rings. The molecule has 0 aliphatic heterocycles. The molecule has 0 saturated carbocycles. The average Bonchev–Trinajstić information content (AvgIpc) is 3.76. The minimum absolute atomic E-state index is 0.00921. The van der Waals surface area contributed by atoms with E-state index in [4.69, 9.17) is 19.9 Å². The van der Waals surface area contributed by atoms with E-state index in [2.05, 4.69) is 109 Å². The van der Waals surface area contributed by atoms with Crippen LogP contribution in [0.25, 0.3) is 95.8 Å². The van der Waals surface area contributed by atoms with Crippen LogP contribution in [0.4, 0.5) is 0 Å². The summed E-state index contributed by atoms with van der Waals surface area (Å²) >= 11 is 1.76. The van der Waals surface area contributed by atoms with Crippen LogP contribution in [-0.2, 0) is 0 Å². The fraction of sp³-hybridized carbons (Fsp3) is 0. The predicted molar refractivity (Wildman–Crippen MR) is 202 cm³/mol. The molecule has 0 aliphatic carbocycles. The van der Waals surface area contributed by atoms with Gasteiger partial charge in [-0.25, -0.2) is 0 Å². The van der Waals surface area contributed by atoms with Gasteiger partial charge in [0, 0.05) is 0 Å². The van der Waals surface area contributed by atoms with Crippen LogP contribution < -0.4 is 0 Å². The molecule has 3 aromatic heterocycles. The molecule has 0 fully saturated rings. The molecule has 7 aromatic carbocycles. The molecule has 0 spiro atoms. The van der Waals surface area contributed by atoms with Gasteiger partial charge in [-0.15, -0.1) is 0 Å². The quantitative estimate of drug-likeness (QED) is 0.172. The number of aromatic nitrogens is 4. The van der Waals surface area contributed by atoms with E-state index in [1.165, 1.54) is 40.2 Å². The van der Waals surface area contributed by atoms with Gasteiger partial charge in [0.2, 0.25) is 0 Å². The van der Waals surface area contributed by atoms with E-state index in [9.17, 15) is 0 Å². The average molecular weight is 696 g/mol. The fourth-order valence-electron chi connectivity index (χ4n) is 6.61. The molecule has 0 radical (unpaired) electrons. The van der Waals surface area contributed by atoms with Crippen molar-refractivity contribution in [1.29, 1.82) is 0 Å². The van der Waals surface area contributed by atoms with Crippen molar-refractivity contribution < 1.29 is 0 Å². The molecule has 10 rings (SSSR count). The second kappa shape index (κ2) is 11.0. The zero-order valence-electron chi connectivity index (χ0n) is 25.5. The molecule has 3 heterocycles. The zero-order chi connectivity index (χ0) is 31.6. The van der Waals surface area contributed by atoms with E-state index in [1.54, 1.807) is 11.3 Å². The Morgan fingerprint density at radius 1 is 0.417 bits per heavy atom. The second-order valence-electron chi connectivity index (χ2n) is 11.9.